The van der Waals surface area contributed by atoms with Crippen LogP contribution in [0.15, 0.2) is 24.3 Å². The molecular weight excluding hydrogens is 180 g/mol. The SMILES string of the molecule is CCOCCOCc1ccccc1O. The second-order valence-corrected chi connectivity index (χ2v) is 2.88. The molecule has 0 amide bonds. The van der Waals surface area contributed by atoms with Crippen LogP contribution in [0.1, 0.15) is 12.5 Å². The van der Waals surface area contributed by atoms with Gasteiger partial charge in [0.25, 0.3) is 0 Å². The molecule has 78 valence electrons. The van der Waals surface area contributed by atoms with Gasteiger partial charge in [-0.3, -0.25) is 0 Å². The molecule has 3 heteroatoms. The molecule has 0 unspecified atom stereocenters. The van der Waals surface area contributed by atoms with Gasteiger partial charge in [-0.2, -0.15) is 0 Å². The van der Waals surface area contributed by atoms with Gasteiger partial charge in [0, 0.05) is 12.2 Å². The van der Waals surface area contributed by atoms with Crippen molar-refractivity contribution in [2.75, 3.05) is 19.8 Å². The zero-order valence-corrected chi connectivity index (χ0v) is 8.40. The Morgan fingerprint density at radius 2 is 1.86 bits per heavy atom. The molecule has 1 aromatic rings. The number of rotatable bonds is 6. The van der Waals surface area contributed by atoms with E-state index in [0.717, 1.165) is 5.56 Å². The third-order valence-electron chi connectivity index (χ3n) is 1.83. The smallest absolute Gasteiger partial charge is 0.121 e. The van der Waals surface area contributed by atoms with Crippen molar-refractivity contribution >= 4 is 0 Å². The Morgan fingerprint density at radius 1 is 1.14 bits per heavy atom. The lowest BCUT2D eigenvalue weighted by atomic mass is 10.2. The number of hydrogen-bond donors (Lipinski definition) is 1. The van der Waals surface area contributed by atoms with E-state index in [1.54, 1.807) is 12.1 Å². The first-order chi connectivity index (χ1) is 6.84. The van der Waals surface area contributed by atoms with E-state index in [2.05, 4.69) is 0 Å². The highest BCUT2D eigenvalue weighted by Crippen LogP contribution is 2.15. The molecule has 0 aliphatic rings. The van der Waals surface area contributed by atoms with Crippen molar-refractivity contribution in [1.82, 2.24) is 0 Å². The van der Waals surface area contributed by atoms with Crippen molar-refractivity contribution in [3.63, 3.8) is 0 Å². The maximum atomic E-state index is 9.40. The summed E-state index contributed by atoms with van der Waals surface area (Å²) in [6.45, 7) is 4.25. The van der Waals surface area contributed by atoms with Crippen molar-refractivity contribution in [1.29, 1.82) is 0 Å². The van der Waals surface area contributed by atoms with Gasteiger partial charge in [-0.05, 0) is 13.0 Å². The summed E-state index contributed by atoms with van der Waals surface area (Å²) in [6.07, 6.45) is 0. The maximum absolute atomic E-state index is 9.40. The van der Waals surface area contributed by atoms with Crippen LogP contribution in [0.4, 0.5) is 0 Å². The summed E-state index contributed by atoms with van der Waals surface area (Å²) in [5.74, 6) is 0.281. The minimum absolute atomic E-state index is 0.281. The fraction of sp³-hybridized carbons (Fsp3) is 0.455. The third-order valence-corrected chi connectivity index (χ3v) is 1.83. The topological polar surface area (TPSA) is 38.7 Å². The van der Waals surface area contributed by atoms with Gasteiger partial charge < -0.3 is 14.6 Å². The molecule has 0 fully saturated rings. The van der Waals surface area contributed by atoms with Gasteiger partial charge in [0.1, 0.15) is 5.75 Å². The summed E-state index contributed by atoms with van der Waals surface area (Å²) < 4.78 is 10.4. The van der Waals surface area contributed by atoms with Gasteiger partial charge in [-0.25, -0.2) is 0 Å². The van der Waals surface area contributed by atoms with Crippen LogP contribution >= 0.6 is 0 Å². The van der Waals surface area contributed by atoms with Crippen molar-refractivity contribution in [2.45, 2.75) is 13.5 Å². The molecule has 1 aromatic carbocycles. The van der Waals surface area contributed by atoms with E-state index in [-0.39, 0.29) is 5.75 Å². The first-order valence-corrected chi connectivity index (χ1v) is 4.77. The van der Waals surface area contributed by atoms with Crippen LogP contribution in [-0.2, 0) is 16.1 Å². The lowest BCUT2D eigenvalue weighted by Gasteiger charge is -2.05. The molecule has 14 heavy (non-hydrogen) atoms. The van der Waals surface area contributed by atoms with Crippen LogP contribution in [0, 0.1) is 0 Å². The molecule has 1 rings (SSSR count). The molecule has 0 radical (unpaired) electrons. The zero-order chi connectivity index (χ0) is 10.2. The van der Waals surface area contributed by atoms with Gasteiger partial charge >= 0.3 is 0 Å². The number of hydrogen-bond acceptors (Lipinski definition) is 3. The normalized spacial score (nSPS) is 10.4. The van der Waals surface area contributed by atoms with Gasteiger partial charge in [0.15, 0.2) is 0 Å². The first-order valence-electron chi connectivity index (χ1n) is 4.77. The Bertz CT molecular complexity index is 260. The summed E-state index contributed by atoms with van der Waals surface area (Å²) in [5, 5.41) is 9.40. The molecule has 3 nitrogen and oxygen atoms in total. The van der Waals surface area contributed by atoms with Crippen molar-refractivity contribution in [2.24, 2.45) is 0 Å². The van der Waals surface area contributed by atoms with Crippen LogP contribution in [0.25, 0.3) is 0 Å². The molecule has 0 heterocycles. The molecular formula is C11H16O3. The van der Waals surface area contributed by atoms with Gasteiger partial charge in [0.2, 0.25) is 0 Å². The average molecular weight is 196 g/mol. The predicted molar refractivity (Wildman–Crippen MR) is 54.3 cm³/mol. The lowest BCUT2D eigenvalue weighted by Crippen LogP contribution is -2.03. The fourth-order valence-electron chi connectivity index (χ4n) is 1.08. The van der Waals surface area contributed by atoms with E-state index in [1.165, 1.54) is 0 Å². The molecule has 1 N–H and O–H groups in total. The van der Waals surface area contributed by atoms with E-state index < -0.39 is 0 Å². The summed E-state index contributed by atoms with van der Waals surface area (Å²) in [5.41, 5.74) is 0.809. The van der Waals surface area contributed by atoms with Crippen LogP contribution in [0.5, 0.6) is 5.75 Å². The molecule has 0 bridgehead atoms. The summed E-state index contributed by atoms with van der Waals surface area (Å²) in [7, 11) is 0. The van der Waals surface area contributed by atoms with Crippen molar-refractivity contribution in [3.8, 4) is 5.75 Å². The Labute approximate surface area is 84.3 Å². The number of phenolic OH excluding ortho intramolecular Hbond substituents is 1. The monoisotopic (exact) mass is 196 g/mol. The quantitative estimate of drug-likeness (QED) is 0.707. The van der Waals surface area contributed by atoms with Gasteiger partial charge in [-0.1, -0.05) is 18.2 Å². The third kappa shape index (κ3) is 3.77. The summed E-state index contributed by atoms with van der Waals surface area (Å²) >= 11 is 0. The predicted octanol–water partition coefficient (Wildman–Crippen LogP) is 1.95. The van der Waals surface area contributed by atoms with Crippen LogP contribution in [-0.4, -0.2) is 24.9 Å². The Hall–Kier alpha value is -1.06. The standard InChI is InChI=1S/C11H16O3/c1-2-13-7-8-14-9-10-5-3-4-6-11(10)12/h3-6,12H,2,7-9H2,1H3. The number of benzene rings is 1. The molecule has 0 atom stereocenters. The number of aromatic hydroxyl groups is 1. The molecule has 0 aliphatic carbocycles. The Kier molecular flexibility index (Phi) is 5.04. The number of para-hydroxylation sites is 1. The van der Waals surface area contributed by atoms with Crippen molar-refractivity contribution in [3.05, 3.63) is 29.8 Å². The van der Waals surface area contributed by atoms with E-state index >= 15 is 0 Å². The largest absolute Gasteiger partial charge is 0.508 e. The molecule has 0 aromatic heterocycles. The summed E-state index contributed by atoms with van der Waals surface area (Å²) in [4.78, 5) is 0. The van der Waals surface area contributed by atoms with Gasteiger partial charge in [0.05, 0.1) is 19.8 Å². The Balaban J connectivity index is 2.21. The zero-order valence-electron chi connectivity index (χ0n) is 8.40. The highest BCUT2D eigenvalue weighted by molar-refractivity contribution is 5.30. The summed E-state index contributed by atoms with van der Waals surface area (Å²) in [6, 6.07) is 7.16. The number of ether oxygens (including phenoxy) is 2. The van der Waals surface area contributed by atoms with E-state index in [4.69, 9.17) is 9.47 Å². The van der Waals surface area contributed by atoms with Crippen LogP contribution in [0.3, 0.4) is 0 Å². The second-order valence-electron chi connectivity index (χ2n) is 2.88. The molecule has 0 saturated heterocycles. The van der Waals surface area contributed by atoms with E-state index in [9.17, 15) is 5.11 Å². The van der Waals surface area contributed by atoms with Crippen molar-refractivity contribution < 1.29 is 14.6 Å². The second kappa shape index (κ2) is 6.40. The Morgan fingerprint density at radius 3 is 2.57 bits per heavy atom. The van der Waals surface area contributed by atoms with E-state index in [1.807, 2.05) is 19.1 Å². The van der Waals surface area contributed by atoms with E-state index in [0.29, 0.717) is 26.4 Å². The number of phenols is 1. The van der Waals surface area contributed by atoms with Crippen LogP contribution in [0.2, 0.25) is 0 Å². The average Bonchev–Trinajstić information content (AvgIpc) is 2.20. The lowest BCUT2D eigenvalue weighted by molar-refractivity contribution is 0.0446. The molecule has 0 spiro atoms. The maximum Gasteiger partial charge on any atom is 0.121 e. The highest BCUT2D eigenvalue weighted by Gasteiger charge is 1.98. The first kappa shape index (κ1) is 11.0. The van der Waals surface area contributed by atoms with Crippen LogP contribution < -0.4 is 0 Å². The minimum atomic E-state index is 0.281. The minimum Gasteiger partial charge on any atom is -0.508 e. The highest BCUT2D eigenvalue weighted by atomic mass is 16.5. The molecule has 0 saturated carbocycles. The molecule has 0 aliphatic heterocycles. The van der Waals surface area contributed by atoms with Gasteiger partial charge in [-0.15, -0.1) is 0 Å². The fourth-order valence-corrected chi connectivity index (χ4v) is 1.08.